The fourth-order valence-electron chi connectivity index (χ4n) is 6.97. The number of nitrogens with zero attached hydrogens (tertiary/aromatic N) is 4. The van der Waals surface area contributed by atoms with Crippen molar-refractivity contribution in [3.05, 3.63) is 156 Å². The van der Waals surface area contributed by atoms with Crippen LogP contribution in [0.15, 0.2) is 138 Å². The van der Waals surface area contributed by atoms with Crippen molar-refractivity contribution in [1.82, 2.24) is 15.0 Å². The summed E-state index contributed by atoms with van der Waals surface area (Å²) in [6, 6.07) is 44.0. The van der Waals surface area contributed by atoms with Crippen molar-refractivity contribution in [1.29, 1.82) is 0 Å². The molecule has 2 atom stereocenters. The molecular formula is C40H28N4O. The minimum atomic E-state index is 0.0545. The lowest BCUT2D eigenvalue weighted by Crippen LogP contribution is -2.23. The van der Waals surface area contributed by atoms with E-state index in [0.717, 1.165) is 39.0 Å². The molecule has 1 aliphatic carbocycles. The molecule has 0 N–H and O–H groups in total. The van der Waals surface area contributed by atoms with Gasteiger partial charge in [0, 0.05) is 39.4 Å². The van der Waals surface area contributed by atoms with Crippen LogP contribution in [0.2, 0.25) is 0 Å². The quantitative estimate of drug-likeness (QED) is 0.207. The van der Waals surface area contributed by atoms with Gasteiger partial charge in [0.1, 0.15) is 11.3 Å². The van der Waals surface area contributed by atoms with E-state index in [1.165, 1.54) is 22.5 Å². The zero-order chi connectivity index (χ0) is 29.9. The van der Waals surface area contributed by atoms with Crippen LogP contribution in [0.1, 0.15) is 34.4 Å². The van der Waals surface area contributed by atoms with Crippen molar-refractivity contribution in [3.63, 3.8) is 0 Å². The maximum absolute atomic E-state index is 6.80. The number of fused-ring (bicyclic) bond motifs is 7. The molecule has 0 fully saturated rings. The fraction of sp³-hybridized carbons (Fsp3) is 0.0750. The van der Waals surface area contributed by atoms with Gasteiger partial charge in [-0.1, -0.05) is 103 Å². The molecule has 0 bridgehead atoms. The van der Waals surface area contributed by atoms with E-state index in [2.05, 4.69) is 90.7 Å². The van der Waals surface area contributed by atoms with Crippen LogP contribution < -0.4 is 4.90 Å². The highest BCUT2D eigenvalue weighted by molar-refractivity contribution is 5.98. The summed E-state index contributed by atoms with van der Waals surface area (Å²) in [6.07, 6.45) is 4.45. The van der Waals surface area contributed by atoms with Gasteiger partial charge in [-0.3, -0.25) is 0 Å². The highest BCUT2D eigenvalue weighted by Gasteiger charge is 2.43. The summed E-state index contributed by atoms with van der Waals surface area (Å²) in [6.45, 7) is 2.13. The Kier molecular flexibility index (Phi) is 5.78. The number of rotatable bonds is 4. The molecule has 214 valence electrons. The first kappa shape index (κ1) is 25.7. The van der Waals surface area contributed by atoms with Gasteiger partial charge in [-0.25, -0.2) is 15.0 Å². The molecule has 0 amide bonds. The summed E-state index contributed by atoms with van der Waals surface area (Å²) in [5.74, 6) is 2.94. The molecule has 5 heteroatoms. The van der Waals surface area contributed by atoms with E-state index in [4.69, 9.17) is 19.4 Å². The Labute approximate surface area is 261 Å². The molecule has 0 spiro atoms. The molecule has 2 aliphatic rings. The molecule has 2 unspecified atom stereocenters. The number of aryl methyl sites for hydroxylation is 1. The molecule has 5 nitrogen and oxygen atoms in total. The topological polar surface area (TPSA) is 55.1 Å². The number of hydrogen-bond donors (Lipinski definition) is 0. The van der Waals surface area contributed by atoms with Gasteiger partial charge < -0.3 is 9.32 Å². The minimum Gasteiger partial charge on any atom is -0.456 e. The fourth-order valence-corrected chi connectivity index (χ4v) is 6.97. The van der Waals surface area contributed by atoms with Crippen molar-refractivity contribution in [2.45, 2.75) is 18.9 Å². The second-order valence-corrected chi connectivity index (χ2v) is 11.7. The van der Waals surface area contributed by atoms with Crippen LogP contribution in [-0.4, -0.2) is 15.0 Å². The van der Waals surface area contributed by atoms with Gasteiger partial charge in [0.15, 0.2) is 17.5 Å². The highest BCUT2D eigenvalue weighted by Crippen LogP contribution is 2.57. The lowest BCUT2D eigenvalue weighted by Gasteiger charge is -2.31. The van der Waals surface area contributed by atoms with Crippen LogP contribution in [0.3, 0.4) is 0 Å². The molecule has 3 heterocycles. The number of anilines is 2. The Bertz CT molecular complexity index is 2180. The van der Waals surface area contributed by atoms with Crippen LogP contribution in [0.4, 0.5) is 11.4 Å². The van der Waals surface area contributed by atoms with Gasteiger partial charge in [0.25, 0.3) is 0 Å². The number of furan rings is 1. The Morgan fingerprint density at radius 2 is 1.24 bits per heavy atom. The molecule has 2 aromatic heterocycles. The van der Waals surface area contributed by atoms with E-state index in [0.29, 0.717) is 17.5 Å². The SMILES string of the molecule is Cc1cc(-c2nc(-c3ccccc3)nc(-c3ccccc3)n2)c2oc3c(c2c1)C1C(C=C3)c2ccccc2N1c1ccccc1. The average molecular weight is 581 g/mol. The van der Waals surface area contributed by atoms with Gasteiger partial charge in [-0.05, 0) is 54.5 Å². The third-order valence-electron chi connectivity index (χ3n) is 8.90. The zero-order valence-corrected chi connectivity index (χ0v) is 24.6. The second kappa shape index (κ2) is 10.1. The minimum absolute atomic E-state index is 0.0545. The van der Waals surface area contributed by atoms with E-state index in [1.807, 2.05) is 60.7 Å². The van der Waals surface area contributed by atoms with Gasteiger partial charge >= 0.3 is 0 Å². The van der Waals surface area contributed by atoms with Crippen molar-refractivity contribution < 1.29 is 4.42 Å². The smallest absolute Gasteiger partial charge is 0.167 e. The van der Waals surface area contributed by atoms with Crippen LogP contribution in [0.25, 0.3) is 51.2 Å². The molecule has 9 rings (SSSR count). The lowest BCUT2D eigenvalue weighted by molar-refractivity contribution is 0.573. The highest BCUT2D eigenvalue weighted by atomic mass is 16.3. The maximum atomic E-state index is 6.80. The zero-order valence-electron chi connectivity index (χ0n) is 24.6. The molecule has 7 aromatic rings. The standard InChI is InChI=1S/C40H28N4O/c1-25-23-31-35-34(22-21-30-29-19-11-12-20-33(29)44(36(30)35)28-17-9-4-10-18-28)45-37(31)32(24-25)40-42-38(26-13-5-2-6-14-26)41-39(43-40)27-15-7-3-8-16-27/h2-24,30,36H,1H3. The first-order valence-electron chi connectivity index (χ1n) is 15.3. The van der Waals surface area contributed by atoms with Crippen molar-refractivity contribution >= 4 is 28.4 Å². The third kappa shape index (κ3) is 4.12. The van der Waals surface area contributed by atoms with Crippen molar-refractivity contribution in [2.75, 3.05) is 4.90 Å². The van der Waals surface area contributed by atoms with E-state index in [-0.39, 0.29) is 12.0 Å². The third-order valence-corrected chi connectivity index (χ3v) is 8.90. The number of benzene rings is 5. The normalized spacial score (nSPS) is 16.4. The Morgan fingerprint density at radius 1 is 0.644 bits per heavy atom. The van der Waals surface area contributed by atoms with Crippen molar-refractivity contribution in [2.24, 2.45) is 0 Å². The largest absolute Gasteiger partial charge is 0.456 e. The number of hydrogen-bond acceptors (Lipinski definition) is 5. The van der Waals surface area contributed by atoms with E-state index in [9.17, 15) is 0 Å². The van der Waals surface area contributed by atoms with Gasteiger partial charge in [-0.15, -0.1) is 0 Å². The number of para-hydroxylation sites is 2. The molecule has 1 aliphatic heterocycles. The molecule has 0 saturated carbocycles. The predicted octanol–water partition coefficient (Wildman–Crippen LogP) is 9.93. The average Bonchev–Trinajstić information content (AvgIpc) is 3.64. The lowest BCUT2D eigenvalue weighted by atomic mass is 9.84. The van der Waals surface area contributed by atoms with Crippen LogP contribution in [-0.2, 0) is 0 Å². The Morgan fingerprint density at radius 3 is 1.93 bits per heavy atom. The summed E-state index contributed by atoms with van der Waals surface area (Å²) in [5.41, 5.74) is 9.58. The first-order valence-corrected chi connectivity index (χ1v) is 15.3. The molecule has 0 radical (unpaired) electrons. The number of aromatic nitrogens is 3. The molecule has 45 heavy (non-hydrogen) atoms. The Hall–Kier alpha value is -5.81. The molecule has 5 aromatic carbocycles. The monoisotopic (exact) mass is 580 g/mol. The van der Waals surface area contributed by atoms with Crippen LogP contribution >= 0.6 is 0 Å². The van der Waals surface area contributed by atoms with Gasteiger partial charge in [-0.2, -0.15) is 0 Å². The second-order valence-electron chi connectivity index (χ2n) is 11.7. The maximum Gasteiger partial charge on any atom is 0.167 e. The van der Waals surface area contributed by atoms with E-state index < -0.39 is 0 Å². The van der Waals surface area contributed by atoms with E-state index >= 15 is 0 Å². The summed E-state index contributed by atoms with van der Waals surface area (Å²) in [5, 5.41) is 1.09. The van der Waals surface area contributed by atoms with Gasteiger partial charge in [0.05, 0.1) is 11.6 Å². The summed E-state index contributed by atoms with van der Waals surface area (Å²) in [7, 11) is 0. The molecular weight excluding hydrogens is 552 g/mol. The Balaban J connectivity index is 1.28. The summed E-state index contributed by atoms with van der Waals surface area (Å²) < 4.78 is 6.80. The summed E-state index contributed by atoms with van der Waals surface area (Å²) in [4.78, 5) is 17.5. The van der Waals surface area contributed by atoms with E-state index in [1.54, 1.807) is 0 Å². The predicted molar refractivity (Wildman–Crippen MR) is 180 cm³/mol. The summed E-state index contributed by atoms with van der Waals surface area (Å²) >= 11 is 0. The van der Waals surface area contributed by atoms with Crippen LogP contribution in [0.5, 0.6) is 0 Å². The van der Waals surface area contributed by atoms with Crippen molar-refractivity contribution in [3.8, 4) is 34.2 Å². The van der Waals surface area contributed by atoms with Gasteiger partial charge in [0.2, 0.25) is 0 Å². The molecule has 0 saturated heterocycles. The first-order chi connectivity index (χ1) is 22.2. The van der Waals surface area contributed by atoms with Crippen LogP contribution in [0, 0.1) is 6.92 Å².